The second kappa shape index (κ2) is 8.34. The Balaban J connectivity index is 1.97. The van der Waals surface area contributed by atoms with E-state index in [4.69, 9.17) is 14.8 Å². The van der Waals surface area contributed by atoms with Crippen LogP contribution in [0.5, 0.6) is 0 Å². The fourth-order valence-corrected chi connectivity index (χ4v) is 3.45. The standard InChI is InChI=1S/C23H22N4O3/c1-15-5-3-4-6-18(15)21-20(14-24-10-12-28)27-11-9-16-7-8-17(25-23(29)30-2)13-19(16)22(27)26-21/h3-9,11,13-14,28H,10,12H2,1-2H3,(H,25,29). The number of nitrogens with zero attached hydrogens (tertiary/aromatic N) is 3. The number of rotatable bonds is 5. The number of pyridine rings is 1. The lowest BCUT2D eigenvalue weighted by atomic mass is 10.0. The molecule has 7 nitrogen and oxygen atoms in total. The van der Waals surface area contributed by atoms with Gasteiger partial charge in [0.25, 0.3) is 0 Å². The van der Waals surface area contributed by atoms with Crippen LogP contribution in [-0.4, -0.2) is 47.1 Å². The number of carbonyl (C=O) groups excluding carboxylic acids is 1. The smallest absolute Gasteiger partial charge is 0.411 e. The molecule has 0 fully saturated rings. The van der Waals surface area contributed by atoms with Crippen LogP contribution in [0.1, 0.15) is 11.3 Å². The molecule has 2 N–H and O–H groups in total. The highest BCUT2D eigenvalue weighted by molar-refractivity contribution is 6.01. The van der Waals surface area contributed by atoms with Crippen molar-refractivity contribution >= 4 is 34.4 Å². The molecule has 1 amide bonds. The van der Waals surface area contributed by atoms with E-state index in [0.29, 0.717) is 12.2 Å². The summed E-state index contributed by atoms with van der Waals surface area (Å²) in [7, 11) is 1.33. The van der Waals surface area contributed by atoms with Crippen LogP contribution in [0.4, 0.5) is 10.5 Å². The predicted octanol–water partition coefficient (Wildman–Crippen LogP) is 4.05. The number of imidazole rings is 1. The molecule has 0 unspecified atom stereocenters. The molecule has 2 aromatic carbocycles. The van der Waals surface area contributed by atoms with Crippen molar-refractivity contribution in [2.75, 3.05) is 25.6 Å². The van der Waals surface area contributed by atoms with Gasteiger partial charge in [0.05, 0.1) is 31.6 Å². The quantitative estimate of drug-likeness (QED) is 0.493. The van der Waals surface area contributed by atoms with Gasteiger partial charge in [-0.3, -0.25) is 14.7 Å². The molecular formula is C23H22N4O3. The fourth-order valence-electron chi connectivity index (χ4n) is 3.45. The third kappa shape index (κ3) is 3.62. The topological polar surface area (TPSA) is 88.2 Å². The second-order valence-electron chi connectivity index (χ2n) is 6.85. The molecule has 0 atom stereocenters. The van der Waals surface area contributed by atoms with Crippen molar-refractivity contribution in [3.63, 3.8) is 0 Å². The van der Waals surface area contributed by atoms with Gasteiger partial charge in [-0.1, -0.05) is 30.3 Å². The summed E-state index contributed by atoms with van der Waals surface area (Å²) >= 11 is 0. The Morgan fingerprint density at radius 2 is 2.10 bits per heavy atom. The molecule has 0 bridgehead atoms. The van der Waals surface area contributed by atoms with Crippen LogP contribution in [0.15, 0.2) is 59.7 Å². The third-order valence-electron chi connectivity index (χ3n) is 4.92. The average Bonchev–Trinajstić information content (AvgIpc) is 3.13. The van der Waals surface area contributed by atoms with Crippen molar-refractivity contribution in [1.29, 1.82) is 0 Å². The summed E-state index contributed by atoms with van der Waals surface area (Å²) in [4.78, 5) is 20.9. The number of aliphatic imine (C=N–C) groups is 1. The predicted molar refractivity (Wildman–Crippen MR) is 118 cm³/mol. The summed E-state index contributed by atoms with van der Waals surface area (Å²) in [5.74, 6) is 0. The molecule has 0 aliphatic rings. The number of anilines is 1. The highest BCUT2D eigenvalue weighted by Gasteiger charge is 2.16. The van der Waals surface area contributed by atoms with Gasteiger partial charge in [0.1, 0.15) is 5.65 Å². The number of aliphatic hydroxyl groups is 1. The van der Waals surface area contributed by atoms with Crippen LogP contribution in [0.3, 0.4) is 0 Å². The number of hydrogen-bond acceptors (Lipinski definition) is 5. The van der Waals surface area contributed by atoms with E-state index in [9.17, 15) is 4.79 Å². The molecule has 0 aliphatic heterocycles. The molecule has 4 aromatic rings. The first kappa shape index (κ1) is 19.6. The molecule has 152 valence electrons. The van der Waals surface area contributed by atoms with Crippen LogP contribution in [-0.2, 0) is 4.74 Å². The van der Waals surface area contributed by atoms with Gasteiger partial charge in [-0.15, -0.1) is 0 Å². The van der Waals surface area contributed by atoms with Gasteiger partial charge in [0.2, 0.25) is 0 Å². The van der Waals surface area contributed by atoms with Crippen molar-refractivity contribution < 1.29 is 14.6 Å². The van der Waals surface area contributed by atoms with E-state index >= 15 is 0 Å². The van der Waals surface area contributed by atoms with E-state index in [-0.39, 0.29) is 6.61 Å². The zero-order valence-corrected chi connectivity index (χ0v) is 16.8. The van der Waals surface area contributed by atoms with E-state index in [1.165, 1.54) is 7.11 Å². The van der Waals surface area contributed by atoms with Crippen LogP contribution in [0, 0.1) is 6.92 Å². The molecule has 0 saturated heterocycles. The van der Waals surface area contributed by atoms with Gasteiger partial charge >= 0.3 is 6.09 Å². The Morgan fingerprint density at radius 3 is 2.87 bits per heavy atom. The normalized spacial score (nSPS) is 11.4. The summed E-state index contributed by atoms with van der Waals surface area (Å²) in [6.07, 6.45) is 3.18. The van der Waals surface area contributed by atoms with Gasteiger partial charge in [-0.05, 0) is 36.1 Å². The maximum atomic E-state index is 11.6. The van der Waals surface area contributed by atoms with E-state index in [1.807, 2.05) is 66.1 Å². The summed E-state index contributed by atoms with van der Waals surface area (Å²) in [5.41, 5.74) is 5.15. The molecule has 0 radical (unpaired) electrons. The van der Waals surface area contributed by atoms with Crippen molar-refractivity contribution in [1.82, 2.24) is 9.38 Å². The zero-order valence-electron chi connectivity index (χ0n) is 16.8. The first-order valence-corrected chi connectivity index (χ1v) is 9.59. The molecular weight excluding hydrogens is 380 g/mol. The average molecular weight is 402 g/mol. The number of benzene rings is 2. The lowest BCUT2D eigenvalue weighted by Gasteiger charge is -2.07. The summed E-state index contributed by atoms with van der Waals surface area (Å²) in [6.45, 7) is 2.35. The second-order valence-corrected chi connectivity index (χ2v) is 6.85. The summed E-state index contributed by atoms with van der Waals surface area (Å²) in [5, 5.41) is 13.7. The molecule has 0 saturated carbocycles. The van der Waals surface area contributed by atoms with Crippen molar-refractivity contribution in [2.45, 2.75) is 6.92 Å². The van der Waals surface area contributed by atoms with Gasteiger partial charge in [-0.2, -0.15) is 0 Å². The Kier molecular flexibility index (Phi) is 5.45. The maximum Gasteiger partial charge on any atom is 0.411 e. The van der Waals surface area contributed by atoms with Crippen LogP contribution < -0.4 is 5.32 Å². The minimum absolute atomic E-state index is 0.0155. The molecule has 0 aliphatic carbocycles. The molecule has 2 aromatic heterocycles. The largest absolute Gasteiger partial charge is 0.453 e. The minimum atomic E-state index is -0.526. The van der Waals surface area contributed by atoms with Gasteiger partial charge in [0.15, 0.2) is 0 Å². The van der Waals surface area contributed by atoms with Crippen molar-refractivity contribution in [3.05, 3.63) is 66.0 Å². The van der Waals surface area contributed by atoms with Crippen LogP contribution >= 0.6 is 0 Å². The number of aryl methyl sites for hydroxylation is 1. The van der Waals surface area contributed by atoms with Crippen molar-refractivity contribution in [3.8, 4) is 11.3 Å². The first-order chi connectivity index (χ1) is 14.6. The lowest BCUT2D eigenvalue weighted by molar-refractivity contribution is 0.187. The van der Waals surface area contributed by atoms with E-state index in [2.05, 4.69) is 10.3 Å². The summed E-state index contributed by atoms with van der Waals surface area (Å²) < 4.78 is 6.67. The number of hydrogen-bond donors (Lipinski definition) is 2. The van der Waals surface area contributed by atoms with Crippen LogP contribution in [0.2, 0.25) is 0 Å². The number of nitrogens with one attached hydrogen (secondary N) is 1. The molecule has 0 spiro atoms. The highest BCUT2D eigenvalue weighted by atomic mass is 16.5. The first-order valence-electron chi connectivity index (χ1n) is 9.59. The van der Waals surface area contributed by atoms with Gasteiger partial charge < -0.3 is 9.84 Å². The Morgan fingerprint density at radius 1 is 1.27 bits per heavy atom. The number of amides is 1. The highest BCUT2D eigenvalue weighted by Crippen LogP contribution is 2.30. The fraction of sp³-hybridized carbons (Fsp3) is 0.174. The number of aromatic nitrogens is 2. The van der Waals surface area contributed by atoms with E-state index in [1.54, 1.807) is 6.21 Å². The minimum Gasteiger partial charge on any atom is -0.453 e. The number of fused-ring (bicyclic) bond motifs is 3. The SMILES string of the molecule is COC(=O)Nc1ccc2ccn3c(C=NCCO)c(-c4ccccc4C)nc3c2c1. The number of aliphatic hydroxyl groups excluding tert-OH is 1. The molecule has 2 heterocycles. The van der Waals surface area contributed by atoms with E-state index in [0.717, 1.165) is 38.9 Å². The Labute approximate surface area is 173 Å². The number of methoxy groups -OCH3 is 1. The van der Waals surface area contributed by atoms with E-state index < -0.39 is 6.09 Å². The zero-order chi connectivity index (χ0) is 21.1. The van der Waals surface area contributed by atoms with Gasteiger partial charge in [0, 0.05) is 29.0 Å². The van der Waals surface area contributed by atoms with Crippen molar-refractivity contribution in [2.24, 2.45) is 4.99 Å². The third-order valence-corrected chi connectivity index (χ3v) is 4.92. The Hall–Kier alpha value is -3.71. The molecule has 30 heavy (non-hydrogen) atoms. The maximum absolute atomic E-state index is 11.6. The Bertz CT molecular complexity index is 1260. The summed E-state index contributed by atoms with van der Waals surface area (Å²) in [6, 6.07) is 15.7. The van der Waals surface area contributed by atoms with Crippen LogP contribution in [0.25, 0.3) is 27.7 Å². The lowest BCUT2D eigenvalue weighted by Crippen LogP contribution is -2.10. The monoisotopic (exact) mass is 402 g/mol. The molecule has 7 heteroatoms. The molecule has 4 rings (SSSR count). The number of ether oxygens (including phenoxy) is 1. The van der Waals surface area contributed by atoms with Gasteiger partial charge in [-0.25, -0.2) is 9.78 Å². The number of carbonyl (C=O) groups is 1.